The van der Waals surface area contributed by atoms with Gasteiger partial charge in [-0.1, -0.05) is 18.2 Å². The van der Waals surface area contributed by atoms with Crippen molar-refractivity contribution in [1.29, 1.82) is 0 Å². The number of nitrogens with zero attached hydrogens (tertiary/aromatic N) is 5. The molecule has 2 aliphatic rings. The molecule has 212 valence electrons. The van der Waals surface area contributed by atoms with Gasteiger partial charge in [0.15, 0.2) is 0 Å². The molecule has 1 aliphatic heterocycles. The van der Waals surface area contributed by atoms with Crippen LogP contribution in [0.5, 0.6) is 0 Å². The molecule has 0 radical (unpaired) electrons. The van der Waals surface area contributed by atoms with Gasteiger partial charge >= 0.3 is 0 Å². The third kappa shape index (κ3) is 5.82. The summed E-state index contributed by atoms with van der Waals surface area (Å²) in [6.07, 6.45) is 4.07. The van der Waals surface area contributed by atoms with E-state index in [1.807, 2.05) is 29.8 Å². The quantitative estimate of drug-likeness (QED) is 0.295. The molecule has 4 heterocycles. The maximum atomic E-state index is 13.7. The van der Waals surface area contributed by atoms with Crippen molar-refractivity contribution >= 4 is 55.2 Å². The molecule has 3 aromatic heterocycles. The molecule has 1 aliphatic carbocycles. The molecule has 0 spiro atoms. The van der Waals surface area contributed by atoms with Gasteiger partial charge in [-0.05, 0) is 42.3 Å². The second kappa shape index (κ2) is 11.2. The monoisotopic (exact) mass is 598 g/mol. The minimum absolute atomic E-state index is 0.141. The number of amides is 1. The average Bonchev–Trinajstić information content (AvgIpc) is 3.32. The first-order chi connectivity index (χ1) is 19.3. The molecule has 0 bridgehead atoms. The molecule has 40 heavy (non-hydrogen) atoms. The molecule has 0 unspecified atom stereocenters. The third-order valence-electron chi connectivity index (χ3n) is 7.55. The van der Waals surface area contributed by atoms with E-state index < -0.39 is 10.0 Å². The van der Waals surface area contributed by atoms with Crippen molar-refractivity contribution in [2.24, 2.45) is 5.92 Å². The van der Waals surface area contributed by atoms with E-state index in [0.717, 1.165) is 67.2 Å². The predicted molar refractivity (Wildman–Crippen MR) is 161 cm³/mol. The summed E-state index contributed by atoms with van der Waals surface area (Å²) in [6.45, 7) is 5.38. The van der Waals surface area contributed by atoms with Crippen LogP contribution in [-0.2, 0) is 21.4 Å². The highest BCUT2D eigenvalue weighted by Crippen LogP contribution is 2.39. The Hall–Kier alpha value is -2.77. The largest absolute Gasteiger partial charge is 0.351 e. The Morgan fingerprint density at radius 2 is 1.88 bits per heavy atom. The highest BCUT2D eigenvalue weighted by molar-refractivity contribution is 7.94. The first-order valence-electron chi connectivity index (χ1n) is 13.6. The summed E-state index contributed by atoms with van der Waals surface area (Å²) in [5.41, 5.74) is 2.40. The number of rotatable bonds is 10. The summed E-state index contributed by atoms with van der Waals surface area (Å²) in [4.78, 5) is 27.7. The van der Waals surface area contributed by atoms with E-state index in [9.17, 15) is 13.2 Å². The van der Waals surface area contributed by atoms with E-state index >= 15 is 0 Å². The van der Waals surface area contributed by atoms with Gasteiger partial charge < -0.3 is 9.88 Å². The Kier molecular flexibility index (Phi) is 7.71. The van der Waals surface area contributed by atoms with Crippen molar-refractivity contribution in [3.8, 4) is 10.7 Å². The second-order valence-corrected chi connectivity index (χ2v) is 15.0. The summed E-state index contributed by atoms with van der Waals surface area (Å²) >= 11 is 2.92. The fourth-order valence-corrected chi connectivity index (χ4v) is 8.59. The molecular weight excluding hydrogens is 565 g/mol. The Balaban J connectivity index is 1.19. The zero-order valence-corrected chi connectivity index (χ0v) is 25.2. The van der Waals surface area contributed by atoms with E-state index in [1.165, 1.54) is 16.2 Å². The Bertz CT molecular complexity index is 1580. The van der Waals surface area contributed by atoms with Gasteiger partial charge in [0.25, 0.3) is 10.0 Å². The molecule has 12 heteroatoms. The number of thiazole rings is 1. The number of nitrogens with one attached hydrogen (secondary N) is 1. The van der Waals surface area contributed by atoms with Gasteiger partial charge in [-0.3, -0.25) is 18.9 Å². The maximum absolute atomic E-state index is 13.7. The Morgan fingerprint density at radius 3 is 2.58 bits per heavy atom. The number of likely N-dealkylation sites (N-methyl/N-ethyl adjacent to an activating group) is 1. The van der Waals surface area contributed by atoms with Crippen LogP contribution in [0.25, 0.3) is 21.6 Å². The summed E-state index contributed by atoms with van der Waals surface area (Å²) in [7, 11) is -0.0577. The number of thiophene rings is 1. The molecule has 4 aromatic rings. The summed E-state index contributed by atoms with van der Waals surface area (Å²) in [6, 6.07) is 11.4. The minimum Gasteiger partial charge on any atom is -0.351 e. The average molecular weight is 599 g/mol. The van der Waals surface area contributed by atoms with Crippen molar-refractivity contribution in [2.45, 2.75) is 23.6 Å². The Morgan fingerprint density at radius 1 is 1.10 bits per heavy atom. The lowest BCUT2D eigenvalue weighted by Crippen LogP contribution is -2.48. The van der Waals surface area contributed by atoms with Gasteiger partial charge in [-0.2, -0.15) is 0 Å². The molecule has 1 N–H and O–H groups in total. The zero-order valence-electron chi connectivity index (χ0n) is 22.7. The first-order valence-corrected chi connectivity index (χ1v) is 16.7. The summed E-state index contributed by atoms with van der Waals surface area (Å²) in [5.74, 6) is 0.540. The number of carbonyl (C=O) groups is 1. The van der Waals surface area contributed by atoms with Crippen LogP contribution in [0, 0.1) is 5.92 Å². The molecule has 1 saturated heterocycles. The van der Waals surface area contributed by atoms with Crippen molar-refractivity contribution in [1.82, 2.24) is 24.7 Å². The van der Waals surface area contributed by atoms with Crippen LogP contribution in [0.3, 0.4) is 0 Å². The zero-order chi connectivity index (χ0) is 27.9. The van der Waals surface area contributed by atoms with E-state index in [0.29, 0.717) is 28.9 Å². The van der Waals surface area contributed by atoms with Crippen molar-refractivity contribution in [3.05, 3.63) is 52.9 Å². The normalized spacial score (nSPS) is 16.9. The van der Waals surface area contributed by atoms with Gasteiger partial charge in [0.05, 0.1) is 23.4 Å². The number of aromatic nitrogens is 2. The fraction of sp³-hybridized carbons (Fsp3) is 0.429. The van der Waals surface area contributed by atoms with Crippen LogP contribution in [0.1, 0.15) is 17.7 Å². The molecular formula is C28H34N6O3S3. The number of carbonyl (C=O) groups excluding carboxylic acids is 1. The van der Waals surface area contributed by atoms with Crippen LogP contribution in [0.2, 0.25) is 0 Å². The fourth-order valence-electron chi connectivity index (χ4n) is 5.01. The van der Waals surface area contributed by atoms with Crippen LogP contribution in [0.4, 0.5) is 5.69 Å². The van der Waals surface area contributed by atoms with Gasteiger partial charge in [0.1, 0.15) is 9.22 Å². The number of benzene rings is 1. The lowest BCUT2D eigenvalue weighted by atomic mass is 10.2. The van der Waals surface area contributed by atoms with E-state index in [2.05, 4.69) is 20.9 Å². The summed E-state index contributed by atoms with van der Waals surface area (Å²) in [5, 5.41) is 3.67. The minimum atomic E-state index is -3.65. The number of fused-ring (bicyclic) bond motifs is 1. The Labute approximate surface area is 243 Å². The lowest BCUT2D eigenvalue weighted by Gasteiger charge is -2.34. The first kappa shape index (κ1) is 27.4. The predicted octanol–water partition coefficient (Wildman–Crippen LogP) is 4.16. The number of anilines is 1. The van der Waals surface area contributed by atoms with Crippen LogP contribution < -0.4 is 4.31 Å². The van der Waals surface area contributed by atoms with Gasteiger partial charge in [0, 0.05) is 69.8 Å². The number of sulfonamides is 1. The van der Waals surface area contributed by atoms with Crippen LogP contribution >= 0.6 is 22.7 Å². The highest BCUT2D eigenvalue weighted by atomic mass is 32.2. The van der Waals surface area contributed by atoms with E-state index in [-0.39, 0.29) is 5.91 Å². The number of piperazine rings is 1. The number of para-hydroxylation sites is 1. The molecule has 0 atom stereocenters. The summed E-state index contributed by atoms with van der Waals surface area (Å²) < 4.78 is 29.3. The maximum Gasteiger partial charge on any atom is 0.273 e. The van der Waals surface area contributed by atoms with Crippen LogP contribution in [0.15, 0.2) is 52.2 Å². The van der Waals surface area contributed by atoms with Gasteiger partial charge in [0.2, 0.25) is 5.91 Å². The van der Waals surface area contributed by atoms with Crippen molar-refractivity contribution in [2.75, 3.05) is 57.7 Å². The number of hydrogen-bond donors (Lipinski definition) is 1. The molecule has 6 rings (SSSR count). The molecule has 1 saturated carbocycles. The molecule has 1 amide bonds. The van der Waals surface area contributed by atoms with Gasteiger partial charge in [-0.15, -0.1) is 22.7 Å². The smallest absolute Gasteiger partial charge is 0.273 e. The van der Waals surface area contributed by atoms with Crippen molar-refractivity contribution < 1.29 is 13.2 Å². The third-order valence-corrected chi connectivity index (χ3v) is 11.7. The van der Waals surface area contributed by atoms with Crippen LogP contribution in [-0.4, -0.2) is 92.4 Å². The topological polar surface area (TPSA) is 92.8 Å². The molecule has 1 aromatic carbocycles. The SMILES string of the molecule is CN(C)C(=O)CN1CCN(Cc2cnc(-c3cc4cccc(N(CC5CC5)S(=O)(=O)c5cccs5)c4[nH]3)s2)CC1. The number of H-pyrrole nitrogens is 1. The number of hydrogen-bond acceptors (Lipinski definition) is 8. The second-order valence-electron chi connectivity index (χ2n) is 10.8. The van der Waals surface area contributed by atoms with E-state index in [1.54, 1.807) is 46.8 Å². The standard InChI is InChI=1S/C28H34N6O3S3/c1-31(2)25(35)19-33-12-10-32(11-13-33)18-22-16-29-28(39-22)23-15-21-5-3-6-24(27(21)30-23)34(17-20-8-9-20)40(36,37)26-7-4-14-38-26/h3-7,14-16,20,30H,8-13,17-19H2,1-2H3. The highest BCUT2D eigenvalue weighted by Gasteiger charge is 2.33. The van der Waals surface area contributed by atoms with Crippen molar-refractivity contribution in [3.63, 3.8) is 0 Å². The molecule has 2 fully saturated rings. The number of aromatic amines is 1. The van der Waals surface area contributed by atoms with E-state index in [4.69, 9.17) is 4.98 Å². The van der Waals surface area contributed by atoms with Gasteiger partial charge in [-0.25, -0.2) is 13.4 Å². The molecule has 9 nitrogen and oxygen atoms in total. The lowest BCUT2D eigenvalue weighted by molar-refractivity contribution is -0.130.